The molecule has 2 nitrogen and oxygen atoms in total. The van der Waals surface area contributed by atoms with Gasteiger partial charge >= 0.3 is 0 Å². The number of hydrogen-bond acceptors (Lipinski definition) is 0. The smallest absolute Gasteiger partial charge is 0.00670 e. The first-order chi connectivity index (χ1) is 3.97. The van der Waals surface area contributed by atoms with E-state index in [9.17, 15) is 0 Å². The molecule has 0 saturated heterocycles. The molecule has 8 heavy (non-hydrogen) atoms. The average Bonchev–Trinajstić information content (AvgIpc) is 1.72. The standard InChI is InChI=1S/C6H5N2/c1-2-4-6-5(3-1)7-8-6/h1-4,7H/q-1. The summed E-state index contributed by atoms with van der Waals surface area (Å²) in [6.45, 7) is 0. The van der Waals surface area contributed by atoms with Gasteiger partial charge in [-0.05, 0) is 6.07 Å². The van der Waals surface area contributed by atoms with Crippen LogP contribution in [0.2, 0.25) is 0 Å². The van der Waals surface area contributed by atoms with Crippen LogP contribution in [0.4, 0.5) is 0 Å². The summed E-state index contributed by atoms with van der Waals surface area (Å²) in [6.07, 6.45) is 0. The van der Waals surface area contributed by atoms with Crippen molar-refractivity contribution in [2.75, 3.05) is 0 Å². The lowest BCUT2D eigenvalue weighted by Gasteiger charge is -2.14. The van der Waals surface area contributed by atoms with Gasteiger partial charge in [-0.25, -0.2) is 0 Å². The number of hydrogen-bond donors (Lipinski definition) is 1. The number of rotatable bonds is 0. The van der Waals surface area contributed by atoms with Crippen LogP contribution in [-0.2, 0) is 0 Å². The summed E-state index contributed by atoms with van der Waals surface area (Å²) in [4.78, 5) is 0. The van der Waals surface area contributed by atoms with Crippen molar-refractivity contribution in [1.29, 1.82) is 0 Å². The van der Waals surface area contributed by atoms with E-state index in [1.54, 1.807) is 0 Å². The van der Waals surface area contributed by atoms with Crippen molar-refractivity contribution in [3.05, 3.63) is 24.3 Å². The lowest BCUT2D eigenvalue weighted by atomic mass is 10.3. The Morgan fingerprint density at radius 1 is 1.25 bits per heavy atom. The Bertz CT molecular complexity index is 249. The summed E-state index contributed by atoms with van der Waals surface area (Å²) < 4.78 is 0. The van der Waals surface area contributed by atoms with E-state index < -0.39 is 0 Å². The number of aromatic amines is 1. The summed E-state index contributed by atoms with van der Waals surface area (Å²) in [5.74, 6) is 0. The highest BCUT2D eigenvalue weighted by molar-refractivity contribution is 5.75. The maximum absolute atomic E-state index is 3.88. The van der Waals surface area contributed by atoms with Gasteiger partial charge in [-0.2, -0.15) is 0 Å². The van der Waals surface area contributed by atoms with Crippen LogP contribution in [0.25, 0.3) is 11.0 Å². The lowest BCUT2D eigenvalue weighted by Crippen LogP contribution is -1.91. The van der Waals surface area contributed by atoms with Gasteiger partial charge in [0.2, 0.25) is 0 Å². The summed E-state index contributed by atoms with van der Waals surface area (Å²) in [5, 5.41) is 6.70. The molecule has 1 aromatic carbocycles. The highest BCUT2D eigenvalue weighted by Gasteiger charge is 1.78. The van der Waals surface area contributed by atoms with Crippen molar-refractivity contribution in [1.82, 2.24) is 10.2 Å². The number of aromatic nitrogens is 2. The first kappa shape index (κ1) is 3.78. The van der Waals surface area contributed by atoms with Crippen LogP contribution in [0.3, 0.4) is 0 Å². The van der Waals surface area contributed by atoms with Gasteiger partial charge in [-0.3, -0.25) is 0 Å². The molecule has 0 fully saturated rings. The maximum Gasteiger partial charge on any atom is 0.00670 e. The lowest BCUT2D eigenvalue weighted by molar-refractivity contribution is 1.04. The minimum atomic E-state index is 1.06. The minimum Gasteiger partial charge on any atom is -0.596 e. The van der Waals surface area contributed by atoms with Gasteiger partial charge in [0, 0.05) is 5.52 Å². The molecule has 1 aromatic heterocycles. The van der Waals surface area contributed by atoms with Crippen LogP contribution in [-0.4, -0.2) is 5.10 Å². The second-order valence-corrected chi connectivity index (χ2v) is 1.74. The Morgan fingerprint density at radius 3 is 2.50 bits per heavy atom. The molecule has 0 spiro atoms. The normalized spacial score (nSPS) is 10.5. The molecule has 0 unspecified atom stereocenters. The maximum atomic E-state index is 3.88. The summed E-state index contributed by atoms with van der Waals surface area (Å²) in [5.41, 5.74) is 2.19. The van der Waals surface area contributed by atoms with Gasteiger partial charge in [0.15, 0.2) is 0 Å². The molecule has 2 aromatic rings. The minimum absolute atomic E-state index is 1.06. The van der Waals surface area contributed by atoms with Crippen LogP contribution in [0.15, 0.2) is 24.3 Å². The van der Waals surface area contributed by atoms with E-state index in [4.69, 9.17) is 0 Å². The summed E-state index contributed by atoms with van der Waals surface area (Å²) >= 11 is 0. The highest BCUT2D eigenvalue weighted by atomic mass is 15.1. The van der Waals surface area contributed by atoms with Crippen molar-refractivity contribution in [2.24, 2.45) is 0 Å². The van der Waals surface area contributed by atoms with Crippen LogP contribution in [0.5, 0.6) is 0 Å². The molecule has 0 atom stereocenters. The van der Waals surface area contributed by atoms with E-state index in [-0.39, 0.29) is 0 Å². The molecule has 1 heterocycles. The zero-order chi connectivity index (χ0) is 5.40. The Morgan fingerprint density at radius 2 is 2.12 bits per heavy atom. The molecular weight excluding hydrogens is 100 g/mol. The average molecular weight is 105 g/mol. The van der Waals surface area contributed by atoms with Gasteiger partial charge in [-0.1, -0.05) is 18.2 Å². The monoisotopic (exact) mass is 105 g/mol. The molecule has 1 N–H and O–H groups in total. The number of fused-ring (bicyclic) bond motifs is 1. The zero-order valence-electron chi connectivity index (χ0n) is 4.26. The van der Waals surface area contributed by atoms with Crippen molar-refractivity contribution in [2.45, 2.75) is 0 Å². The third kappa shape index (κ3) is 0.320. The molecule has 0 aliphatic heterocycles. The van der Waals surface area contributed by atoms with Gasteiger partial charge in [-0.15, -0.1) is 5.52 Å². The third-order valence-electron chi connectivity index (χ3n) is 1.20. The van der Waals surface area contributed by atoms with Crippen LogP contribution in [0, 0.1) is 0 Å². The zero-order valence-corrected chi connectivity index (χ0v) is 4.26. The molecule has 0 bridgehead atoms. The number of nitrogens with one attached hydrogen (secondary N) is 1. The number of nitrogens with zero attached hydrogens (tertiary/aromatic N) is 1. The van der Waals surface area contributed by atoms with Crippen LogP contribution < -0.4 is 5.10 Å². The van der Waals surface area contributed by atoms with E-state index in [2.05, 4.69) is 10.2 Å². The topological polar surface area (TPSA) is 29.9 Å². The van der Waals surface area contributed by atoms with Gasteiger partial charge < -0.3 is 10.2 Å². The predicted molar refractivity (Wildman–Crippen MR) is 31.6 cm³/mol. The Labute approximate surface area is 46.5 Å². The van der Waals surface area contributed by atoms with Crippen molar-refractivity contribution >= 4 is 11.0 Å². The van der Waals surface area contributed by atoms with Crippen molar-refractivity contribution in [3.8, 4) is 0 Å². The molecular formula is C6H5N2-. The Kier molecular flexibility index (Phi) is 0.545. The molecule has 0 amide bonds. The van der Waals surface area contributed by atoms with Gasteiger partial charge in [0.05, 0.1) is 0 Å². The van der Waals surface area contributed by atoms with E-state index >= 15 is 0 Å². The second kappa shape index (κ2) is 1.15. The molecule has 2 heteroatoms. The van der Waals surface area contributed by atoms with Crippen LogP contribution >= 0.6 is 0 Å². The van der Waals surface area contributed by atoms with E-state index in [0.29, 0.717) is 0 Å². The van der Waals surface area contributed by atoms with Crippen molar-refractivity contribution < 1.29 is 0 Å². The van der Waals surface area contributed by atoms with Crippen molar-refractivity contribution in [3.63, 3.8) is 0 Å². The summed E-state index contributed by atoms with van der Waals surface area (Å²) in [7, 11) is 0. The van der Waals surface area contributed by atoms with Crippen LogP contribution in [0.1, 0.15) is 0 Å². The van der Waals surface area contributed by atoms with Gasteiger partial charge in [0.1, 0.15) is 0 Å². The molecule has 2 rings (SSSR count). The third-order valence-corrected chi connectivity index (χ3v) is 1.20. The predicted octanol–water partition coefficient (Wildman–Crippen LogP) is 1.13. The fourth-order valence-corrected chi connectivity index (χ4v) is 0.733. The van der Waals surface area contributed by atoms with Gasteiger partial charge in [0.25, 0.3) is 0 Å². The molecule has 0 saturated carbocycles. The van der Waals surface area contributed by atoms with E-state index in [0.717, 1.165) is 11.0 Å². The SMILES string of the molecule is c1ccc2[nH][n-]c2c1. The Balaban J connectivity index is 2.88. The molecule has 0 aliphatic carbocycles. The summed E-state index contributed by atoms with van der Waals surface area (Å²) in [6, 6.07) is 7.94. The molecule has 0 radical (unpaired) electrons. The second-order valence-electron chi connectivity index (χ2n) is 1.74. The highest BCUT2D eigenvalue weighted by Crippen LogP contribution is 2.05. The number of para-hydroxylation sites is 2. The largest absolute Gasteiger partial charge is 0.596 e. The number of benzene rings is 1. The number of H-pyrrole nitrogens is 1. The Hall–Kier alpha value is -1.18. The molecule has 40 valence electrons. The fraction of sp³-hybridized carbons (Fsp3) is 0. The fourth-order valence-electron chi connectivity index (χ4n) is 0.733. The molecule has 0 aliphatic rings. The first-order valence-electron chi connectivity index (χ1n) is 2.52. The van der Waals surface area contributed by atoms with E-state index in [1.807, 2.05) is 24.3 Å². The quantitative estimate of drug-likeness (QED) is 0.534. The van der Waals surface area contributed by atoms with E-state index in [1.165, 1.54) is 0 Å². The first-order valence-corrected chi connectivity index (χ1v) is 2.52.